The molecule has 1 rings (SSSR count). The van der Waals surface area contributed by atoms with Crippen LogP contribution in [0.4, 0.5) is 23.9 Å². The Morgan fingerprint density at radius 3 is 2.07 bits per heavy atom. The predicted octanol–water partition coefficient (Wildman–Crippen LogP) is 4.54. The Balaban J connectivity index is 1.95. The largest absolute Gasteiger partial charge is 0.481 e. The first-order valence-corrected chi connectivity index (χ1v) is 9.18. The van der Waals surface area contributed by atoms with Crippen LogP contribution in [0, 0.1) is 0 Å². The van der Waals surface area contributed by atoms with Gasteiger partial charge in [0, 0.05) is 19.2 Å². The van der Waals surface area contributed by atoms with E-state index >= 15 is 0 Å². The van der Waals surface area contributed by atoms with Gasteiger partial charge in [-0.2, -0.15) is 13.2 Å². The van der Waals surface area contributed by atoms with Crippen LogP contribution in [0.2, 0.25) is 0 Å². The fraction of sp³-hybridized carbons (Fsp3) is 0.706. The number of carbonyl (C=O) groups excluding carboxylic acids is 1. The molecule has 0 aliphatic heterocycles. The molecule has 0 aromatic carbocycles. The maximum atomic E-state index is 12.4. The highest BCUT2D eigenvalue weighted by Gasteiger charge is 2.33. The van der Waals surface area contributed by atoms with Crippen LogP contribution in [0.1, 0.15) is 69.9 Å². The molecule has 4 N–H and O–H groups in total. The summed E-state index contributed by atoms with van der Waals surface area (Å²) in [6.45, 7) is 0.438. The minimum atomic E-state index is -4.55. The third-order valence-corrected chi connectivity index (χ3v) is 3.95. The van der Waals surface area contributed by atoms with Crippen LogP contribution in [0.25, 0.3) is 0 Å². The number of carboxylic acid groups (broad SMARTS) is 1. The second-order valence-corrected chi connectivity index (χ2v) is 6.34. The van der Waals surface area contributed by atoms with Crippen molar-refractivity contribution in [3.05, 3.63) is 11.9 Å². The van der Waals surface area contributed by atoms with E-state index in [1.807, 2.05) is 0 Å². The smallest absolute Gasteiger partial charge is 0.434 e. The maximum Gasteiger partial charge on any atom is 0.434 e. The molecule has 1 aromatic heterocycles. The minimum Gasteiger partial charge on any atom is -0.481 e. The Morgan fingerprint density at radius 2 is 1.56 bits per heavy atom. The van der Waals surface area contributed by atoms with Gasteiger partial charge in [-0.25, -0.2) is 9.78 Å². The van der Waals surface area contributed by atoms with Gasteiger partial charge in [0.1, 0.15) is 0 Å². The molecule has 1 aromatic rings. The number of alkyl halides is 3. The molecule has 0 spiro atoms. The lowest BCUT2D eigenvalue weighted by atomic mass is 10.1. The number of amides is 2. The van der Waals surface area contributed by atoms with Gasteiger partial charge >= 0.3 is 18.2 Å². The minimum absolute atomic E-state index is 0.240. The Labute approximate surface area is 156 Å². The summed E-state index contributed by atoms with van der Waals surface area (Å²) in [6, 6.07) is -0.598. The lowest BCUT2D eigenvalue weighted by Gasteiger charge is -2.06. The molecule has 0 atom stereocenters. The molecule has 0 bridgehead atoms. The van der Waals surface area contributed by atoms with Gasteiger partial charge in [-0.1, -0.05) is 44.9 Å². The van der Waals surface area contributed by atoms with Crippen LogP contribution in [0.15, 0.2) is 6.20 Å². The van der Waals surface area contributed by atoms with E-state index in [4.69, 9.17) is 5.11 Å². The van der Waals surface area contributed by atoms with E-state index in [0.717, 1.165) is 57.8 Å². The SMILES string of the molecule is O=C(O)CCCCCCCCCCCNC(=O)Nc1nc(C(F)(F)F)c[nH]1. The molecule has 154 valence electrons. The number of imidazole rings is 1. The molecule has 0 aliphatic rings. The number of H-pyrrole nitrogens is 1. The summed E-state index contributed by atoms with van der Waals surface area (Å²) in [4.78, 5) is 27.4. The van der Waals surface area contributed by atoms with Crippen LogP contribution < -0.4 is 10.6 Å². The Kier molecular flexibility index (Phi) is 10.3. The van der Waals surface area contributed by atoms with Crippen molar-refractivity contribution in [3.8, 4) is 0 Å². The van der Waals surface area contributed by atoms with E-state index < -0.39 is 23.9 Å². The standard InChI is InChI=1S/C17H27F3N4O3/c18-17(19,20)13-12-22-15(23-13)24-16(27)21-11-9-7-5-3-1-2-4-6-8-10-14(25)26/h12H,1-11H2,(H,25,26)(H3,21,22,23,24,27). The van der Waals surface area contributed by atoms with Gasteiger partial charge in [0.25, 0.3) is 0 Å². The number of nitrogens with zero attached hydrogens (tertiary/aromatic N) is 1. The number of nitrogens with one attached hydrogen (secondary N) is 3. The number of unbranched alkanes of at least 4 members (excludes halogenated alkanes) is 8. The van der Waals surface area contributed by atoms with Crippen LogP contribution in [0.5, 0.6) is 0 Å². The Bertz CT molecular complexity index is 576. The molecule has 1 heterocycles. The van der Waals surface area contributed by atoms with Crippen molar-refractivity contribution in [2.75, 3.05) is 11.9 Å². The van der Waals surface area contributed by atoms with Crippen LogP contribution in [-0.2, 0) is 11.0 Å². The van der Waals surface area contributed by atoms with E-state index in [2.05, 4.69) is 20.6 Å². The summed E-state index contributed by atoms with van der Waals surface area (Å²) in [5, 5.41) is 13.3. The molecule has 10 heteroatoms. The summed E-state index contributed by atoms with van der Waals surface area (Å²) in [5.41, 5.74) is -1.08. The monoisotopic (exact) mass is 392 g/mol. The van der Waals surface area contributed by atoms with E-state index in [1.54, 1.807) is 0 Å². The summed E-state index contributed by atoms with van der Waals surface area (Å²) in [5.74, 6) is -0.990. The number of halogens is 3. The van der Waals surface area contributed by atoms with Crippen molar-refractivity contribution in [3.63, 3.8) is 0 Å². The topological polar surface area (TPSA) is 107 Å². The zero-order chi connectivity index (χ0) is 20.1. The molecule has 0 saturated carbocycles. The van der Waals surface area contributed by atoms with Crippen LogP contribution in [0.3, 0.4) is 0 Å². The zero-order valence-corrected chi connectivity index (χ0v) is 15.2. The van der Waals surface area contributed by atoms with Gasteiger partial charge in [0.05, 0.1) is 0 Å². The second kappa shape index (κ2) is 12.2. The first kappa shape index (κ1) is 22.8. The molecule has 0 fully saturated rings. The van der Waals surface area contributed by atoms with Crippen molar-refractivity contribution in [1.82, 2.24) is 15.3 Å². The van der Waals surface area contributed by atoms with Crippen molar-refractivity contribution < 1.29 is 27.9 Å². The molecular formula is C17H27F3N4O3. The summed E-state index contributed by atoms with van der Waals surface area (Å²) < 4.78 is 37.2. The van der Waals surface area contributed by atoms with Crippen LogP contribution >= 0.6 is 0 Å². The summed E-state index contributed by atoms with van der Waals surface area (Å²) >= 11 is 0. The molecule has 27 heavy (non-hydrogen) atoms. The van der Waals surface area contributed by atoms with Crippen molar-refractivity contribution >= 4 is 17.9 Å². The first-order valence-electron chi connectivity index (χ1n) is 9.18. The number of urea groups is 1. The number of carbonyl (C=O) groups is 2. The predicted molar refractivity (Wildman–Crippen MR) is 94.4 cm³/mol. The highest BCUT2D eigenvalue weighted by molar-refractivity contribution is 5.87. The van der Waals surface area contributed by atoms with E-state index in [-0.39, 0.29) is 12.4 Å². The lowest BCUT2D eigenvalue weighted by Crippen LogP contribution is -2.30. The molecule has 0 saturated heterocycles. The fourth-order valence-electron chi connectivity index (χ4n) is 2.52. The Hall–Kier alpha value is -2.26. The van der Waals surface area contributed by atoms with E-state index in [1.165, 1.54) is 0 Å². The third kappa shape index (κ3) is 11.1. The number of hydrogen-bond acceptors (Lipinski definition) is 3. The van der Waals surface area contributed by atoms with Gasteiger partial charge in [-0.15, -0.1) is 0 Å². The van der Waals surface area contributed by atoms with Gasteiger partial charge in [0.15, 0.2) is 5.69 Å². The maximum absolute atomic E-state index is 12.4. The lowest BCUT2D eigenvalue weighted by molar-refractivity contribution is -0.141. The summed E-state index contributed by atoms with van der Waals surface area (Å²) in [7, 11) is 0. The number of hydrogen-bond donors (Lipinski definition) is 4. The number of anilines is 1. The quantitative estimate of drug-likeness (QED) is 0.370. The molecule has 2 amide bonds. The first-order chi connectivity index (χ1) is 12.8. The van der Waals surface area contributed by atoms with Gasteiger partial charge < -0.3 is 15.4 Å². The number of aromatic amines is 1. The highest BCUT2D eigenvalue weighted by atomic mass is 19.4. The number of carboxylic acids is 1. The number of aromatic nitrogens is 2. The summed E-state index contributed by atoms with van der Waals surface area (Å²) in [6.07, 6.45) is 5.23. The van der Waals surface area contributed by atoms with Crippen LogP contribution in [-0.4, -0.2) is 33.6 Å². The average Bonchev–Trinajstić information content (AvgIpc) is 3.04. The Morgan fingerprint density at radius 1 is 1.00 bits per heavy atom. The third-order valence-electron chi connectivity index (χ3n) is 3.95. The average molecular weight is 392 g/mol. The fourth-order valence-corrected chi connectivity index (χ4v) is 2.52. The number of aliphatic carboxylic acids is 1. The molecule has 0 aliphatic carbocycles. The van der Waals surface area contributed by atoms with Crippen molar-refractivity contribution in [1.29, 1.82) is 0 Å². The molecular weight excluding hydrogens is 365 g/mol. The molecule has 0 unspecified atom stereocenters. The van der Waals surface area contributed by atoms with Gasteiger partial charge in [-0.05, 0) is 12.8 Å². The van der Waals surface area contributed by atoms with E-state index in [9.17, 15) is 22.8 Å². The normalized spacial score (nSPS) is 11.4. The molecule has 0 radical (unpaired) electrons. The van der Waals surface area contributed by atoms with Gasteiger partial charge in [-0.3, -0.25) is 10.1 Å². The van der Waals surface area contributed by atoms with Crippen molar-refractivity contribution in [2.24, 2.45) is 0 Å². The zero-order valence-electron chi connectivity index (χ0n) is 15.2. The molecule has 7 nitrogen and oxygen atoms in total. The highest BCUT2D eigenvalue weighted by Crippen LogP contribution is 2.27. The van der Waals surface area contributed by atoms with E-state index in [0.29, 0.717) is 12.7 Å². The second-order valence-electron chi connectivity index (χ2n) is 6.34. The van der Waals surface area contributed by atoms with Crippen molar-refractivity contribution in [2.45, 2.75) is 70.4 Å². The van der Waals surface area contributed by atoms with Gasteiger partial charge in [0.2, 0.25) is 5.95 Å². The number of rotatable bonds is 13.